The number of ketones is 2. The third kappa shape index (κ3) is 5.25. The Balaban J connectivity index is 1.41. The Labute approximate surface area is 233 Å². The van der Waals surface area contributed by atoms with Gasteiger partial charge < -0.3 is 10.2 Å². The molecule has 2 N–H and O–H groups in total. The average Bonchev–Trinajstić information content (AvgIpc) is 2.96. The predicted octanol–water partition coefficient (Wildman–Crippen LogP) is -0.941. The van der Waals surface area contributed by atoms with Crippen molar-refractivity contribution >= 4 is 31.6 Å². The molecule has 0 aromatic heterocycles. The van der Waals surface area contributed by atoms with Crippen LogP contribution in [0.15, 0.2) is 46.2 Å². The number of piperazine rings is 2. The molecule has 216 valence electrons. The van der Waals surface area contributed by atoms with Gasteiger partial charge in [-0.25, -0.2) is 16.8 Å². The van der Waals surface area contributed by atoms with Crippen molar-refractivity contribution in [3.63, 3.8) is 0 Å². The van der Waals surface area contributed by atoms with E-state index in [4.69, 9.17) is 10.2 Å². The maximum Gasteiger partial charge on any atom is 0.243 e. The first-order chi connectivity index (χ1) is 19.1. The summed E-state index contributed by atoms with van der Waals surface area (Å²) in [6, 6.07) is 7.72. The molecule has 0 unspecified atom stereocenters. The SMILES string of the molecule is O=C1c2ccc(S(=O)(=O)N3CCN(CCO)CC3)cc2C(=O)c2cc(S(=O)(=O)N3CCN(CCO)CC3)ccc21. The molecule has 12 nitrogen and oxygen atoms in total. The minimum absolute atomic E-state index is 0.0144. The van der Waals surface area contributed by atoms with Crippen LogP contribution in [-0.2, 0) is 20.0 Å². The summed E-state index contributed by atoms with van der Waals surface area (Å²) < 4.78 is 56.1. The van der Waals surface area contributed by atoms with Gasteiger partial charge in [-0.3, -0.25) is 19.4 Å². The molecule has 0 amide bonds. The second kappa shape index (κ2) is 11.4. The van der Waals surface area contributed by atoms with Crippen LogP contribution in [-0.4, -0.2) is 136 Å². The van der Waals surface area contributed by atoms with E-state index in [2.05, 4.69) is 0 Å². The van der Waals surface area contributed by atoms with Gasteiger partial charge in [-0.2, -0.15) is 8.61 Å². The first-order valence-electron chi connectivity index (χ1n) is 13.1. The van der Waals surface area contributed by atoms with Crippen molar-refractivity contribution in [1.82, 2.24) is 18.4 Å². The number of fused-ring (bicyclic) bond motifs is 2. The molecule has 0 saturated carbocycles. The van der Waals surface area contributed by atoms with Crippen LogP contribution in [0.4, 0.5) is 0 Å². The molecule has 5 rings (SSSR count). The van der Waals surface area contributed by atoms with E-state index in [0.717, 1.165) is 0 Å². The Hall–Kier alpha value is -2.56. The number of carbonyl (C=O) groups excluding carboxylic acids is 2. The van der Waals surface area contributed by atoms with E-state index in [1.807, 2.05) is 9.80 Å². The monoisotopic (exact) mass is 592 g/mol. The number of β-amino-alcohol motifs (C(OH)–C–C–N with tert-alkyl or cyclic N) is 2. The summed E-state index contributed by atoms with van der Waals surface area (Å²) in [4.78, 5) is 30.5. The number of carbonyl (C=O) groups is 2. The van der Waals surface area contributed by atoms with E-state index in [1.165, 1.54) is 45.0 Å². The van der Waals surface area contributed by atoms with Crippen molar-refractivity contribution < 1.29 is 36.6 Å². The maximum atomic E-state index is 13.6. The number of sulfonamides is 2. The molecule has 2 fully saturated rings. The van der Waals surface area contributed by atoms with Crippen LogP contribution in [0.25, 0.3) is 0 Å². The highest BCUT2D eigenvalue weighted by Gasteiger charge is 2.36. The fourth-order valence-corrected chi connectivity index (χ4v) is 8.30. The highest BCUT2D eigenvalue weighted by atomic mass is 32.2. The molecule has 40 heavy (non-hydrogen) atoms. The lowest BCUT2D eigenvalue weighted by molar-refractivity contribution is 0.0978. The second-order valence-corrected chi connectivity index (χ2v) is 13.9. The average molecular weight is 593 g/mol. The smallest absolute Gasteiger partial charge is 0.243 e. The van der Waals surface area contributed by atoms with Crippen molar-refractivity contribution in [2.75, 3.05) is 78.7 Å². The number of benzene rings is 2. The summed E-state index contributed by atoms with van der Waals surface area (Å²) in [5.74, 6) is -1.09. The summed E-state index contributed by atoms with van der Waals surface area (Å²) in [7, 11) is -7.90. The molecular formula is C26H32N4O8S2. The molecule has 2 aromatic rings. The van der Waals surface area contributed by atoms with E-state index < -0.39 is 31.6 Å². The fraction of sp³-hybridized carbons (Fsp3) is 0.462. The van der Waals surface area contributed by atoms with Crippen molar-refractivity contribution in [2.24, 2.45) is 0 Å². The molecule has 0 spiro atoms. The van der Waals surface area contributed by atoms with Gasteiger partial charge in [-0.05, 0) is 36.4 Å². The Morgan fingerprint density at radius 2 is 0.900 bits per heavy atom. The van der Waals surface area contributed by atoms with Crippen LogP contribution in [0.3, 0.4) is 0 Å². The quantitative estimate of drug-likeness (QED) is 0.335. The Morgan fingerprint density at radius 1 is 0.550 bits per heavy atom. The minimum atomic E-state index is -3.95. The Morgan fingerprint density at radius 3 is 1.25 bits per heavy atom. The number of aliphatic hydroxyl groups excluding tert-OH is 2. The molecular weight excluding hydrogens is 560 g/mol. The van der Waals surface area contributed by atoms with Gasteiger partial charge in [0.1, 0.15) is 0 Å². The molecule has 0 radical (unpaired) electrons. The number of nitrogens with zero attached hydrogens (tertiary/aromatic N) is 4. The van der Waals surface area contributed by atoms with Crippen molar-refractivity contribution in [3.8, 4) is 0 Å². The van der Waals surface area contributed by atoms with Crippen LogP contribution >= 0.6 is 0 Å². The Kier molecular flexibility index (Phi) is 8.23. The highest BCUT2D eigenvalue weighted by Crippen LogP contribution is 2.32. The van der Waals surface area contributed by atoms with Gasteiger partial charge in [0.15, 0.2) is 11.6 Å². The van der Waals surface area contributed by atoms with E-state index in [1.54, 1.807) is 0 Å². The maximum absolute atomic E-state index is 13.6. The second-order valence-electron chi connectivity index (χ2n) is 10.0. The molecule has 14 heteroatoms. The zero-order chi connectivity index (χ0) is 28.7. The van der Waals surface area contributed by atoms with Gasteiger partial charge in [0.05, 0.1) is 23.0 Å². The van der Waals surface area contributed by atoms with Crippen LogP contribution in [0, 0.1) is 0 Å². The van der Waals surface area contributed by atoms with Gasteiger partial charge in [0, 0.05) is 87.7 Å². The molecule has 2 aliphatic heterocycles. The third-order valence-electron chi connectivity index (χ3n) is 7.73. The van der Waals surface area contributed by atoms with Crippen LogP contribution in [0.1, 0.15) is 31.8 Å². The summed E-state index contributed by atoms with van der Waals surface area (Å²) in [5.41, 5.74) is -0.0195. The Bertz CT molecular complexity index is 1420. The van der Waals surface area contributed by atoms with Gasteiger partial charge in [0.25, 0.3) is 0 Å². The van der Waals surface area contributed by atoms with Gasteiger partial charge in [-0.1, -0.05) is 0 Å². The fourth-order valence-electron chi connectivity index (χ4n) is 5.40. The summed E-state index contributed by atoms with van der Waals surface area (Å²) >= 11 is 0. The van der Waals surface area contributed by atoms with E-state index in [0.29, 0.717) is 39.3 Å². The van der Waals surface area contributed by atoms with Gasteiger partial charge in [0.2, 0.25) is 20.0 Å². The van der Waals surface area contributed by atoms with Crippen molar-refractivity contribution in [1.29, 1.82) is 0 Å². The number of hydrogen-bond donors (Lipinski definition) is 2. The number of rotatable bonds is 8. The first-order valence-corrected chi connectivity index (χ1v) is 16.0. The first kappa shape index (κ1) is 29.0. The molecule has 2 saturated heterocycles. The van der Waals surface area contributed by atoms with Gasteiger partial charge in [-0.15, -0.1) is 0 Å². The molecule has 3 aliphatic rings. The topological polar surface area (TPSA) is 156 Å². The predicted molar refractivity (Wildman–Crippen MR) is 144 cm³/mol. The third-order valence-corrected chi connectivity index (χ3v) is 11.5. The lowest BCUT2D eigenvalue weighted by atomic mass is 9.84. The highest BCUT2D eigenvalue weighted by molar-refractivity contribution is 7.89. The normalized spacial score (nSPS) is 19.9. The number of hydrogen-bond acceptors (Lipinski definition) is 10. The van der Waals surface area contributed by atoms with Crippen molar-refractivity contribution in [2.45, 2.75) is 9.79 Å². The van der Waals surface area contributed by atoms with E-state index in [-0.39, 0.29) is 71.4 Å². The summed E-state index contributed by atoms with van der Waals surface area (Å²) in [5, 5.41) is 18.3. The molecule has 0 bridgehead atoms. The molecule has 2 aromatic carbocycles. The van der Waals surface area contributed by atoms with E-state index in [9.17, 15) is 26.4 Å². The van der Waals surface area contributed by atoms with E-state index >= 15 is 0 Å². The standard InChI is InChI=1S/C26H32N4O8S2/c31-15-13-27-5-9-29(10-6-27)39(35,36)19-1-3-21-23(17-19)26(34)24-18-20(2-4-22(24)25(21)33)40(37,38)30-11-7-28(8-12-30)14-16-32/h1-4,17-18,31-32H,5-16H2. The van der Waals surface area contributed by atoms with Gasteiger partial charge >= 0.3 is 0 Å². The molecule has 2 heterocycles. The van der Waals surface area contributed by atoms with Crippen LogP contribution < -0.4 is 0 Å². The molecule has 0 atom stereocenters. The largest absolute Gasteiger partial charge is 0.395 e. The summed E-state index contributed by atoms with van der Waals surface area (Å²) in [6.45, 7) is 3.64. The van der Waals surface area contributed by atoms with Crippen molar-refractivity contribution in [3.05, 3.63) is 58.7 Å². The minimum Gasteiger partial charge on any atom is -0.395 e. The van der Waals surface area contributed by atoms with Crippen LogP contribution in [0.2, 0.25) is 0 Å². The zero-order valence-corrected chi connectivity index (χ0v) is 23.5. The van der Waals surface area contributed by atoms with Crippen LogP contribution in [0.5, 0.6) is 0 Å². The number of aliphatic hydroxyl groups is 2. The lowest BCUT2D eigenvalue weighted by Crippen LogP contribution is -2.49. The molecule has 1 aliphatic carbocycles. The zero-order valence-electron chi connectivity index (χ0n) is 21.9. The summed E-state index contributed by atoms with van der Waals surface area (Å²) in [6.07, 6.45) is 0. The lowest BCUT2D eigenvalue weighted by Gasteiger charge is -2.33.